The van der Waals surface area contributed by atoms with Crippen molar-refractivity contribution < 1.29 is 32.9 Å². The van der Waals surface area contributed by atoms with Crippen molar-refractivity contribution in [2.75, 3.05) is 40.9 Å². The van der Waals surface area contributed by atoms with E-state index in [0.29, 0.717) is 23.9 Å². The fourth-order valence-electron chi connectivity index (χ4n) is 5.17. The van der Waals surface area contributed by atoms with Crippen LogP contribution in [-0.4, -0.2) is 68.5 Å². The van der Waals surface area contributed by atoms with Crippen LogP contribution in [0.3, 0.4) is 0 Å². The molecule has 58 heavy (non-hydrogen) atoms. The van der Waals surface area contributed by atoms with Gasteiger partial charge in [-0.05, 0) is 96.3 Å². The van der Waals surface area contributed by atoms with Gasteiger partial charge in [0, 0.05) is 6.42 Å². The Bertz CT molecular complexity index is 1350. The average Bonchev–Trinajstić information content (AvgIpc) is 3.17. The summed E-state index contributed by atoms with van der Waals surface area (Å²) >= 11 is 0. The number of rotatable bonds is 37. The van der Waals surface area contributed by atoms with Gasteiger partial charge in [0.2, 0.25) is 5.91 Å². The van der Waals surface area contributed by atoms with Crippen molar-refractivity contribution in [3.8, 4) is 0 Å². The summed E-state index contributed by atoms with van der Waals surface area (Å²) in [5.41, 5.74) is 0. The number of allylic oxidation sites excluding steroid dienone is 19. The van der Waals surface area contributed by atoms with Crippen LogP contribution in [0.2, 0.25) is 0 Å². The van der Waals surface area contributed by atoms with Gasteiger partial charge in [-0.15, -0.1) is 0 Å². The molecule has 0 aliphatic heterocycles. The maximum atomic E-state index is 12.8. The number of aliphatic hydroxyl groups excluding tert-OH is 1. The van der Waals surface area contributed by atoms with Crippen LogP contribution >= 0.6 is 7.82 Å². The molecule has 0 saturated heterocycles. The number of nitrogens with one attached hydrogen (secondary N) is 1. The van der Waals surface area contributed by atoms with Crippen LogP contribution in [0, 0.1) is 0 Å². The Balaban J connectivity index is 4.48. The first-order chi connectivity index (χ1) is 28.0. The number of likely N-dealkylation sites (N-methyl/N-ethyl adjacent to an activating group) is 1. The van der Waals surface area contributed by atoms with E-state index in [1.807, 2.05) is 27.2 Å². The summed E-state index contributed by atoms with van der Waals surface area (Å²) in [6.07, 6.45) is 58.3. The van der Waals surface area contributed by atoms with Crippen LogP contribution in [0.5, 0.6) is 0 Å². The van der Waals surface area contributed by atoms with Crippen molar-refractivity contribution >= 4 is 13.7 Å². The third-order valence-corrected chi connectivity index (χ3v) is 9.58. The highest BCUT2D eigenvalue weighted by atomic mass is 31.2. The first kappa shape index (κ1) is 54.9. The SMILES string of the molecule is CC/C=C\C/C=C\C/C=C\C/C=C\C/C=C\C/C=C\C/C=C\CCCCCC(=O)NC(COP(=O)([O-])OCC[N+](C)(C)C)C(O)/C=C/CC/C=C/CC/C=C/CCC. The summed E-state index contributed by atoms with van der Waals surface area (Å²) in [5, 5.41) is 13.7. The number of aliphatic hydroxyl groups is 1. The predicted molar refractivity (Wildman–Crippen MR) is 246 cm³/mol. The Kier molecular flexibility index (Phi) is 37.3. The molecule has 0 rings (SSSR count). The topological polar surface area (TPSA) is 108 Å². The summed E-state index contributed by atoms with van der Waals surface area (Å²) in [5.74, 6) is -0.253. The van der Waals surface area contributed by atoms with Gasteiger partial charge in [-0.1, -0.05) is 148 Å². The molecule has 0 radical (unpaired) electrons. The molecule has 0 aliphatic rings. The van der Waals surface area contributed by atoms with E-state index in [4.69, 9.17) is 9.05 Å². The smallest absolute Gasteiger partial charge is 0.268 e. The van der Waals surface area contributed by atoms with Gasteiger partial charge >= 0.3 is 0 Å². The first-order valence-corrected chi connectivity index (χ1v) is 23.4. The normalized spacial score (nSPS) is 15.5. The molecule has 0 aromatic heterocycles. The number of amides is 1. The predicted octanol–water partition coefficient (Wildman–Crippen LogP) is 11.7. The lowest BCUT2D eigenvalue weighted by Gasteiger charge is -2.29. The van der Waals surface area contributed by atoms with E-state index in [0.717, 1.165) is 96.3 Å². The Labute approximate surface area is 354 Å². The molecule has 0 aromatic carbocycles. The second kappa shape index (κ2) is 39.4. The van der Waals surface area contributed by atoms with Crippen LogP contribution in [0.25, 0.3) is 0 Å². The number of quaternary nitrogens is 1. The van der Waals surface area contributed by atoms with Crippen molar-refractivity contribution in [3.05, 3.63) is 122 Å². The molecule has 0 heterocycles. The largest absolute Gasteiger partial charge is 0.756 e. The molecule has 0 saturated carbocycles. The number of phosphoric ester groups is 1. The molecular weight excluding hydrogens is 744 g/mol. The molecule has 3 unspecified atom stereocenters. The molecule has 0 bridgehead atoms. The summed E-state index contributed by atoms with van der Waals surface area (Å²) in [4.78, 5) is 25.2. The highest BCUT2D eigenvalue weighted by Gasteiger charge is 2.23. The number of carbonyl (C=O) groups is 1. The molecule has 0 fully saturated rings. The van der Waals surface area contributed by atoms with Gasteiger partial charge in [-0.3, -0.25) is 9.36 Å². The van der Waals surface area contributed by atoms with E-state index in [1.165, 1.54) is 0 Å². The molecular formula is C49H81N2O6P. The van der Waals surface area contributed by atoms with Crippen molar-refractivity contribution in [1.82, 2.24) is 5.32 Å². The molecule has 3 atom stereocenters. The van der Waals surface area contributed by atoms with E-state index in [-0.39, 0.29) is 18.9 Å². The van der Waals surface area contributed by atoms with E-state index < -0.39 is 26.6 Å². The van der Waals surface area contributed by atoms with Gasteiger partial charge < -0.3 is 28.8 Å². The molecule has 9 heteroatoms. The zero-order chi connectivity index (χ0) is 42.8. The number of nitrogens with zero attached hydrogens (tertiary/aromatic N) is 1. The second-order valence-electron chi connectivity index (χ2n) is 15.3. The zero-order valence-electron chi connectivity index (χ0n) is 36.9. The molecule has 8 nitrogen and oxygen atoms in total. The number of hydrogen-bond donors (Lipinski definition) is 2. The molecule has 328 valence electrons. The number of phosphoric acid groups is 1. The fourth-order valence-corrected chi connectivity index (χ4v) is 5.89. The Hall–Kier alpha value is -3.10. The standard InChI is InChI=1S/C49H81N2O6P/c1-6-8-10-12-14-16-18-19-20-21-22-23-24-25-26-27-28-29-30-31-33-35-37-39-41-43-49(53)50-47(46-57-58(54,55)56-45-44-51(3,4)5)48(52)42-40-38-36-34-32-17-15-13-11-9-7-2/h8,10-11,13-14,16,19-20,22-23,25-26,28-29,31-34,40,42,47-48,52H,6-7,9,12,15,17-18,21,24,27,30,35-39,41,43-46H2,1-5H3,(H-,50,53,54,55)/b10-8-,13-11+,16-14-,20-19-,23-22-,26-25-,29-28-,33-31-,34-32+,42-40+. The Morgan fingerprint density at radius 2 is 1.07 bits per heavy atom. The van der Waals surface area contributed by atoms with Crippen LogP contribution in [-0.2, 0) is 18.4 Å². The third kappa shape index (κ3) is 41.1. The monoisotopic (exact) mass is 825 g/mol. The lowest BCUT2D eigenvalue weighted by Crippen LogP contribution is -2.45. The maximum absolute atomic E-state index is 12.8. The minimum absolute atomic E-state index is 0.0238. The Morgan fingerprint density at radius 3 is 1.55 bits per heavy atom. The summed E-state index contributed by atoms with van der Waals surface area (Å²) in [6, 6.07) is -0.935. The van der Waals surface area contributed by atoms with E-state index in [2.05, 4.69) is 129 Å². The third-order valence-electron chi connectivity index (χ3n) is 8.61. The summed E-state index contributed by atoms with van der Waals surface area (Å²) < 4.78 is 23.1. The number of carbonyl (C=O) groups excluding carboxylic acids is 1. The van der Waals surface area contributed by atoms with Crippen LogP contribution in [0.1, 0.15) is 129 Å². The minimum atomic E-state index is -4.61. The van der Waals surface area contributed by atoms with E-state index in [1.54, 1.807) is 6.08 Å². The lowest BCUT2D eigenvalue weighted by atomic mass is 10.1. The summed E-state index contributed by atoms with van der Waals surface area (Å²) in [7, 11) is 1.18. The zero-order valence-corrected chi connectivity index (χ0v) is 37.8. The quantitative estimate of drug-likeness (QED) is 0.0280. The van der Waals surface area contributed by atoms with E-state index >= 15 is 0 Å². The van der Waals surface area contributed by atoms with Crippen molar-refractivity contribution in [1.29, 1.82) is 0 Å². The molecule has 0 aromatic rings. The van der Waals surface area contributed by atoms with E-state index in [9.17, 15) is 19.4 Å². The first-order valence-electron chi connectivity index (χ1n) is 21.9. The molecule has 1 amide bonds. The molecule has 2 N–H and O–H groups in total. The molecule has 0 spiro atoms. The van der Waals surface area contributed by atoms with Crippen molar-refractivity contribution in [3.63, 3.8) is 0 Å². The summed E-state index contributed by atoms with van der Waals surface area (Å²) in [6.45, 7) is 4.35. The van der Waals surface area contributed by atoms with Crippen LogP contribution in [0.15, 0.2) is 122 Å². The molecule has 0 aliphatic carbocycles. The number of unbranched alkanes of at least 4 members (excludes halogenated alkanes) is 6. The number of hydrogen-bond acceptors (Lipinski definition) is 6. The van der Waals surface area contributed by atoms with Gasteiger partial charge in [0.05, 0.1) is 39.9 Å². The van der Waals surface area contributed by atoms with Gasteiger partial charge in [-0.2, -0.15) is 0 Å². The average molecular weight is 825 g/mol. The van der Waals surface area contributed by atoms with Gasteiger partial charge in [0.1, 0.15) is 13.2 Å². The van der Waals surface area contributed by atoms with Crippen molar-refractivity contribution in [2.45, 2.75) is 142 Å². The second-order valence-corrected chi connectivity index (χ2v) is 16.7. The Morgan fingerprint density at radius 1 is 0.621 bits per heavy atom. The highest BCUT2D eigenvalue weighted by molar-refractivity contribution is 7.45. The minimum Gasteiger partial charge on any atom is -0.756 e. The fraction of sp³-hybridized carbons (Fsp3) is 0.571. The van der Waals surface area contributed by atoms with Gasteiger partial charge in [0.15, 0.2) is 0 Å². The highest BCUT2D eigenvalue weighted by Crippen LogP contribution is 2.38. The van der Waals surface area contributed by atoms with Gasteiger partial charge in [0.25, 0.3) is 7.82 Å². The van der Waals surface area contributed by atoms with Crippen molar-refractivity contribution in [2.24, 2.45) is 0 Å². The van der Waals surface area contributed by atoms with Crippen LogP contribution in [0.4, 0.5) is 0 Å². The van der Waals surface area contributed by atoms with Gasteiger partial charge in [-0.25, -0.2) is 0 Å². The van der Waals surface area contributed by atoms with Crippen LogP contribution < -0.4 is 10.2 Å². The maximum Gasteiger partial charge on any atom is 0.268 e. The lowest BCUT2D eigenvalue weighted by molar-refractivity contribution is -0.870.